The molecule has 1 aliphatic heterocycles. The number of aliphatic carboxylic acids is 4. The number of carbonyl (C=O) groups excluding carboxylic acids is 6. The van der Waals surface area contributed by atoms with Crippen LogP contribution in [0.1, 0.15) is 65.2 Å². The number of primary amides is 1. The molecule has 1 fully saturated rings. The Hall–Kier alpha value is -6.92. The number of ether oxygens (including phenoxy) is 6. The highest BCUT2D eigenvalue weighted by molar-refractivity contribution is 5.92. The lowest BCUT2D eigenvalue weighted by Crippen LogP contribution is -2.55. The number of amides is 6. The molecular weight excluding hydrogens is 1180 g/mol. The number of unbranched alkanes of at least 4 members (excludes halogenated alkanes) is 1. The van der Waals surface area contributed by atoms with Crippen LogP contribution in [0.4, 0.5) is 22.4 Å². The Labute approximate surface area is 506 Å². The molecule has 2 rings (SSSR count). The van der Waals surface area contributed by atoms with E-state index in [0.29, 0.717) is 0 Å². The topological polar surface area (TPSA) is 406 Å². The molecule has 0 saturated carbocycles. The summed E-state index contributed by atoms with van der Waals surface area (Å²) in [4.78, 5) is 129. The summed E-state index contributed by atoms with van der Waals surface area (Å²) in [5, 5.41) is 51.5. The van der Waals surface area contributed by atoms with Gasteiger partial charge in [0.05, 0.1) is 85.7 Å². The summed E-state index contributed by atoms with van der Waals surface area (Å²) < 4.78 is 86.6. The zero-order valence-electron chi connectivity index (χ0n) is 49.7. The van der Waals surface area contributed by atoms with Crippen molar-refractivity contribution in [2.24, 2.45) is 11.7 Å². The number of nitrogens with two attached hydrogens (primary N) is 1. The van der Waals surface area contributed by atoms with Crippen LogP contribution in [0.5, 0.6) is 5.75 Å². The number of hydrogen-bond donors (Lipinski definition) is 10. The van der Waals surface area contributed by atoms with E-state index in [1.54, 1.807) is 33.4 Å². The first-order valence-electron chi connectivity index (χ1n) is 28.8. The zero-order chi connectivity index (χ0) is 65.4. The van der Waals surface area contributed by atoms with Crippen molar-refractivity contribution in [2.75, 3.05) is 158 Å². The van der Waals surface area contributed by atoms with E-state index >= 15 is 0 Å². The maximum absolute atomic E-state index is 13.9. The van der Waals surface area contributed by atoms with Crippen LogP contribution in [0.3, 0.4) is 0 Å². The molecule has 0 aromatic heterocycles. The number of carboxylic acids is 4. The van der Waals surface area contributed by atoms with E-state index in [4.69, 9.17) is 29.4 Å². The predicted molar refractivity (Wildman–Crippen MR) is 300 cm³/mol. The maximum atomic E-state index is 13.9. The van der Waals surface area contributed by atoms with Gasteiger partial charge in [0.2, 0.25) is 41.0 Å². The third-order valence-electron chi connectivity index (χ3n) is 13.1. The number of hydrogen-bond acceptors (Lipinski definition) is 20. The third kappa shape index (κ3) is 34.6. The second-order valence-electron chi connectivity index (χ2n) is 20.4. The fraction of sp³-hybridized carbons (Fsp3) is 0.704. The minimum absolute atomic E-state index is 0.0287. The lowest BCUT2D eigenvalue weighted by Gasteiger charge is -2.35. The Balaban J connectivity index is 1.63. The lowest BCUT2D eigenvalue weighted by atomic mass is 10.0. The Morgan fingerprint density at radius 3 is 1.41 bits per heavy atom. The molecule has 0 radical (unpaired) electrons. The van der Waals surface area contributed by atoms with Gasteiger partial charge in [-0.3, -0.25) is 62.8 Å². The van der Waals surface area contributed by atoms with Gasteiger partial charge in [-0.25, -0.2) is 13.6 Å². The first kappa shape index (κ1) is 77.2. The standard InChI is InChI=1S/C54H86F4N10O20/c1-36(2)49(64-42(70)7-3-4-8-46(77)88-50-47(57)37(55)32-38(56)48(50)58)52(79)63-39(6-5-11-62-54(59)82)51(78)61-13-23-84-25-27-86-29-31-87-30-28-85-26-24-83-22-12-60-41(69)10-9-40(53(80)81)68-20-18-66(34-44(73)74)16-14-65(33-43(71)72)15-17-67(19-21-68)35-45(75)76/h32,36,39-40,49H,3-31,33-35H2,1-2H3,(H,60,69)(H,61,78)(H,63,79)(H,64,70)(H,71,72)(H,73,74)(H,75,76)(H,80,81)(H3,59,62,82)/t39-,40?,49-/m1/s1. The van der Waals surface area contributed by atoms with Gasteiger partial charge < -0.3 is 81.2 Å². The van der Waals surface area contributed by atoms with Crippen LogP contribution < -0.4 is 37.1 Å². The Morgan fingerprint density at radius 1 is 0.523 bits per heavy atom. The van der Waals surface area contributed by atoms with Gasteiger partial charge in [0, 0.05) is 97.3 Å². The molecule has 11 N–H and O–H groups in total. The molecule has 30 nitrogen and oxygen atoms in total. The highest BCUT2D eigenvalue weighted by atomic mass is 19.2. The summed E-state index contributed by atoms with van der Waals surface area (Å²) in [5.41, 5.74) is 5.13. The smallest absolute Gasteiger partial charge is 0.320 e. The average molecular weight is 1270 g/mol. The minimum Gasteiger partial charge on any atom is -0.480 e. The van der Waals surface area contributed by atoms with Crippen molar-refractivity contribution in [3.8, 4) is 5.75 Å². The summed E-state index contributed by atoms with van der Waals surface area (Å²) in [5.74, 6) is -17.3. The highest BCUT2D eigenvalue weighted by Gasteiger charge is 2.31. The van der Waals surface area contributed by atoms with Crippen molar-refractivity contribution in [1.29, 1.82) is 0 Å². The van der Waals surface area contributed by atoms with Crippen LogP contribution in [-0.4, -0.2) is 275 Å². The predicted octanol–water partition coefficient (Wildman–Crippen LogP) is -1.19. The highest BCUT2D eigenvalue weighted by Crippen LogP contribution is 2.27. The SMILES string of the molecule is CC(C)[C@@H](NC(=O)CCCCC(=O)Oc1c(F)c(F)cc(F)c1F)C(=O)N[C@H](CCCNC(N)=O)C(=O)NCCOCCOCCOCCOCCOCCNC(=O)CCC(C(=O)O)N1CCN(CC(=O)O)CCN(CC(=O)O)CCN(CC(=O)O)CC1. The molecule has 1 aromatic carbocycles. The van der Waals surface area contributed by atoms with Crippen LogP contribution >= 0.6 is 0 Å². The van der Waals surface area contributed by atoms with Crippen LogP contribution in [0.2, 0.25) is 0 Å². The number of nitrogens with zero attached hydrogens (tertiary/aromatic N) is 4. The molecule has 1 saturated heterocycles. The summed E-state index contributed by atoms with van der Waals surface area (Å²) in [6.45, 7) is 5.72. The molecule has 0 bridgehead atoms. The van der Waals surface area contributed by atoms with Crippen LogP contribution in [0.25, 0.3) is 0 Å². The van der Waals surface area contributed by atoms with E-state index < -0.39 is 119 Å². The monoisotopic (exact) mass is 1270 g/mol. The summed E-state index contributed by atoms with van der Waals surface area (Å²) in [6.07, 6.45) is -0.574. The van der Waals surface area contributed by atoms with Gasteiger partial charge in [-0.1, -0.05) is 13.8 Å². The molecule has 1 aliphatic rings. The fourth-order valence-electron chi connectivity index (χ4n) is 8.53. The van der Waals surface area contributed by atoms with Crippen molar-refractivity contribution < 1.29 is 114 Å². The zero-order valence-corrected chi connectivity index (χ0v) is 49.7. The minimum atomic E-state index is -1.88. The first-order valence-corrected chi connectivity index (χ1v) is 28.8. The van der Waals surface area contributed by atoms with Gasteiger partial charge in [0.25, 0.3) is 0 Å². The van der Waals surface area contributed by atoms with Gasteiger partial charge in [-0.05, 0) is 38.0 Å². The second-order valence-corrected chi connectivity index (χ2v) is 20.4. The van der Waals surface area contributed by atoms with E-state index in [9.17, 15) is 85.9 Å². The molecule has 6 amide bonds. The van der Waals surface area contributed by atoms with Gasteiger partial charge in [0.15, 0.2) is 11.6 Å². The Kier molecular flexibility index (Phi) is 39.0. The largest absolute Gasteiger partial charge is 0.480 e. The van der Waals surface area contributed by atoms with Gasteiger partial charge in [-0.2, -0.15) is 8.78 Å². The van der Waals surface area contributed by atoms with Crippen LogP contribution in [-0.2, 0) is 66.8 Å². The maximum Gasteiger partial charge on any atom is 0.320 e. The van der Waals surface area contributed by atoms with Crippen molar-refractivity contribution in [3.05, 3.63) is 29.3 Å². The van der Waals surface area contributed by atoms with Crippen molar-refractivity contribution >= 4 is 59.5 Å². The van der Waals surface area contributed by atoms with Gasteiger partial charge in [0.1, 0.15) is 18.1 Å². The summed E-state index contributed by atoms with van der Waals surface area (Å²) >= 11 is 0. The number of nitrogens with one attached hydrogen (secondary N) is 5. The van der Waals surface area contributed by atoms with Crippen molar-refractivity contribution in [1.82, 2.24) is 46.2 Å². The molecule has 3 atom stereocenters. The van der Waals surface area contributed by atoms with E-state index in [-0.39, 0.29) is 209 Å². The van der Waals surface area contributed by atoms with E-state index in [2.05, 4.69) is 31.3 Å². The number of halogens is 4. The second kappa shape index (κ2) is 44.5. The molecule has 1 aromatic rings. The Morgan fingerprint density at radius 2 is 0.966 bits per heavy atom. The van der Waals surface area contributed by atoms with Crippen molar-refractivity contribution in [2.45, 2.75) is 83.3 Å². The molecular formula is C54H86F4N10O20. The number of urea groups is 1. The molecule has 88 heavy (non-hydrogen) atoms. The quantitative estimate of drug-likeness (QED) is 0.0121. The molecule has 0 spiro atoms. The van der Waals surface area contributed by atoms with Crippen molar-refractivity contribution in [3.63, 3.8) is 0 Å². The van der Waals surface area contributed by atoms with Gasteiger partial charge >= 0.3 is 35.9 Å². The molecule has 1 unspecified atom stereocenters. The first-order chi connectivity index (χ1) is 41.9. The molecule has 0 aliphatic carbocycles. The number of rotatable bonds is 44. The Bertz CT molecular complexity index is 2310. The normalized spacial score (nSPS) is 15.0. The van der Waals surface area contributed by atoms with E-state index in [1.807, 2.05) is 0 Å². The fourth-order valence-corrected chi connectivity index (χ4v) is 8.53. The van der Waals surface area contributed by atoms with E-state index in [1.165, 1.54) is 0 Å². The van der Waals surface area contributed by atoms with Gasteiger partial charge in [-0.15, -0.1) is 0 Å². The molecule has 34 heteroatoms. The summed E-state index contributed by atoms with van der Waals surface area (Å²) in [6, 6.07) is -4.18. The third-order valence-corrected chi connectivity index (χ3v) is 13.1. The number of carbonyl (C=O) groups is 10. The number of esters is 1. The molecule has 500 valence electrons. The average Bonchev–Trinajstić information content (AvgIpc) is 3.55. The molecule has 1 heterocycles. The van der Waals surface area contributed by atoms with Crippen LogP contribution in [0, 0.1) is 29.2 Å². The summed E-state index contributed by atoms with van der Waals surface area (Å²) in [7, 11) is 0. The number of benzene rings is 1. The van der Waals surface area contributed by atoms with Crippen LogP contribution in [0.15, 0.2) is 6.07 Å². The lowest BCUT2D eigenvalue weighted by molar-refractivity contribution is -0.145. The van der Waals surface area contributed by atoms with E-state index in [0.717, 1.165) is 0 Å². The number of carboxylic acid groups (broad SMARTS) is 4.